The van der Waals surface area contributed by atoms with E-state index in [2.05, 4.69) is 20.7 Å². The minimum Gasteiger partial charge on any atom is -0.399 e. The summed E-state index contributed by atoms with van der Waals surface area (Å²) in [6.45, 7) is 1.82. The zero-order valence-corrected chi connectivity index (χ0v) is 14.7. The number of anilines is 2. The third-order valence-electron chi connectivity index (χ3n) is 2.74. The minimum atomic E-state index is -3.87. The first-order valence-corrected chi connectivity index (χ1v) is 8.77. The van der Waals surface area contributed by atoms with Crippen LogP contribution in [-0.4, -0.2) is 8.42 Å². The van der Waals surface area contributed by atoms with E-state index in [-0.39, 0.29) is 9.92 Å². The van der Waals surface area contributed by atoms with Crippen molar-refractivity contribution in [2.75, 3.05) is 10.5 Å². The van der Waals surface area contributed by atoms with E-state index in [4.69, 9.17) is 28.9 Å². The van der Waals surface area contributed by atoms with Crippen LogP contribution in [0.25, 0.3) is 0 Å². The molecule has 21 heavy (non-hydrogen) atoms. The van der Waals surface area contributed by atoms with Crippen LogP contribution < -0.4 is 10.5 Å². The highest BCUT2D eigenvalue weighted by Crippen LogP contribution is 2.32. The van der Waals surface area contributed by atoms with Crippen molar-refractivity contribution in [1.29, 1.82) is 0 Å². The van der Waals surface area contributed by atoms with Gasteiger partial charge < -0.3 is 5.73 Å². The number of sulfonamides is 1. The molecule has 2 aromatic rings. The molecule has 0 spiro atoms. The number of nitrogens with two attached hydrogens (primary N) is 1. The van der Waals surface area contributed by atoms with Crippen LogP contribution >= 0.6 is 39.1 Å². The number of nitrogen functional groups attached to an aromatic ring is 1. The van der Waals surface area contributed by atoms with E-state index >= 15 is 0 Å². The largest absolute Gasteiger partial charge is 0.399 e. The number of aryl methyl sites for hydroxylation is 1. The lowest BCUT2D eigenvalue weighted by Gasteiger charge is -2.12. The average molecular weight is 410 g/mol. The molecular weight excluding hydrogens is 399 g/mol. The molecule has 0 heterocycles. The maximum atomic E-state index is 12.4. The van der Waals surface area contributed by atoms with Crippen LogP contribution in [0.5, 0.6) is 0 Å². The molecule has 0 saturated carbocycles. The van der Waals surface area contributed by atoms with Crippen molar-refractivity contribution in [2.45, 2.75) is 11.8 Å². The van der Waals surface area contributed by atoms with Crippen molar-refractivity contribution in [2.24, 2.45) is 0 Å². The maximum Gasteiger partial charge on any atom is 0.263 e. The third kappa shape index (κ3) is 3.63. The van der Waals surface area contributed by atoms with Gasteiger partial charge in [0.25, 0.3) is 10.0 Å². The molecule has 8 heteroatoms. The Labute approximate surface area is 141 Å². The van der Waals surface area contributed by atoms with Gasteiger partial charge in [-0.1, -0.05) is 23.2 Å². The van der Waals surface area contributed by atoms with Crippen LogP contribution in [-0.2, 0) is 10.0 Å². The monoisotopic (exact) mass is 408 g/mol. The SMILES string of the molecule is Cc1cc(Br)c(NS(=O)(=O)c2cc(N)ccc2Cl)cc1Cl. The predicted molar refractivity (Wildman–Crippen MR) is 90.6 cm³/mol. The second-order valence-corrected chi connectivity index (χ2v) is 7.70. The Morgan fingerprint density at radius 1 is 1.14 bits per heavy atom. The molecular formula is C13H11BrCl2N2O2S. The fourth-order valence-corrected chi connectivity index (χ4v) is 4.11. The van der Waals surface area contributed by atoms with E-state index in [9.17, 15) is 8.42 Å². The molecule has 0 atom stereocenters. The molecule has 2 aromatic carbocycles. The molecule has 0 aliphatic rings. The fourth-order valence-electron chi connectivity index (χ4n) is 1.65. The number of rotatable bonds is 3. The second-order valence-electron chi connectivity index (χ2n) is 4.38. The van der Waals surface area contributed by atoms with Gasteiger partial charge in [0.15, 0.2) is 0 Å². The zero-order chi connectivity index (χ0) is 15.8. The summed E-state index contributed by atoms with van der Waals surface area (Å²) in [4.78, 5) is -0.0900. The molecule has 0 bridgehead atoms. The van der Waals surface area contributed by atoms with Gasteiger partial charge in [-0.05, 0) is 58.7 Å². The molecule has 0 radical (unpaired) electrons. The van der Waals surface area contributed by atoms with Crippen LogP contribution in [0.3, 0.4) is 0 Å². The van der Waals surface area contributed by atoms with E-state index in [0.29, 0.717) is 20.9 Å². The van der Waals surface area contributed by atoms with E-state index in [1.165, 1.54) is 24.3 Å². The number of nitrogens with one attached hydrogen (secondary N) is 1. The van der Waals surface area contributed by atoms with Gasteiger partial charge in [-0.25, -0.2) is 8.42 Å². The number of benzene rings is 2. The maximum absolute atomic E-state index is 12.4. The van der Waals surface area contributed by atoms with E-state index in [0.717, 1.165) is 5.56 Å². The quantitative estimate of drug-likeness (QED) is 0.735. The molecule has 0 amide bonds. The Morgan fingerprint density at radius 2 is 1.81 bits per heavy atom. The Kier molecular flexibility index (Phi) is 4.72. The molecule has 0 fully saturated rings. The molecule has 0 saturated heterocycles. The van der Waals surface area contributed by atoms with Gasteiger partial charge in [-0.15, -0.1) is 0 Å². The molecule has 0 unspecified atom stereocenters. The van der Waals surface area contributed by atoms with E-state index < -0.39 is 10.0 Å². The first-order valence-electron chi connectivity index (χ1n) is 5.74. The van der Waals surface area contributed by atoms with Crippen molar-refractivity contribution in [3.8, 4) is 0 Å². The fraction of sp³-hybridized carbons (Fsp3) is 0.0769. The molecule has 0 aromatic heterocycles. The second kappa shape index (κ2) is 6.04. The third-order valence-corrected chi connectivity index (χ3v) is 5.65. The summed E-state index contributed by atoms with van der Waals surface area (Å²) < 4.78 is 27.8. The first kappa shape index (κ1) is 16.4. The lowest BCUT2D eigenvalue weighted by atomic mass is 10.2. The van der Waals surface area contributed by atoms with E-state index in [1.54, 1.807) is 6.07 Å². The first-order chi connectivity index (χ1) is 9.70. The van der Waals surface area contributed by atoms with Crippen LogP contribution in [0, 0.1) is 6.92 Å². The van der Waals surface area contributed by atoms with Crippen LogP contribution in [0.15, 0.2) is 39.7 Å². The zero-order valence-electron chi connectivity index (χ0n) is 10.8. The van der Waals surface area contributed by atoms with Crippen molar-refractivity contribution in [1.82, 2.24) is 0 Å². The van der Waals surface area contributed by atoms with E-state index in [1.807, 2.05) is 6.92 Å². The molecule has 3 N–H and O–H groups in total. The van der Waals surface area contributed by atoms with Crippen molar-refractivity contribution >= 4 is 60.5 Å². The Morgan fingerprint density at radius 3 is 2.48 bits per heavy atom. The van der Waals surface area contributed by atoms with Gasteiger partial charge in [0, 0.05) is 15.2 Å². The lowest BCUT2D eigenvalue weighted by Crippen LogP contribution is -2.14. The Hall–Kier alpha value is -0.950. The van der Waals surface area contributed by atoms with Gasteiger partial charge >= 0.3 is 0 Å². The molecule has 112 valence electrons. The van der Waals surface area contributed by atoms with Crippen LogP contribution in [0.2, 0.25) is 10.0 Å². The summed E-state index contributed by atoms with van der Waals surface area (Å²) in [5, 5.41) is 0.542. The molecule has 0 aliphatic carbocycles. The van der Waals surface area contributed by atoms with Crippen molar-refractivity contribution < 1.29 is 8.42 Å². The van der Waals surface area contributed by atoms with Gasteiger partial charge in [0.2, 0.25) is 0 Å². The highest BCUT2D eigenvalue weighted by atomic mass is 79.9. The summed E-state index contributed by atoms with van der Waals surface area (Å²) in [7, 11) is -3.87. The van der Waals surface area contributed by atoms with Crippen molar-refractivity contribution in [3.63, 3.8) is 0 Å². The van der Waals surface area contributed by atoms with Gasteiger partial charge in [-0.3, -0.25) is 4.72 Å². The molecule has 4 nitrogen and oxygen atoms in total. The van der Waals surface area contributed by atoms with Crippen molar-refractivity contribution in [3.05, 3.63) is 50.4 Å². The summed E-state index contributed by atoms with van der Waals surface area (Å²) in [5.41, 5.74) is 7.07. The molecule has 2 rings (SSSR count). The standard InChI is InChI=1S/C13H11BrCl2N2O2S/c1-7-4-9(14)12(6-11(7)16)18-21(19,20)13-5-8(17)2-3-10(13)15/h2-6,18H,17H2,1H3. The molecule has 0 aliphatic heterocycles. The summed E-state index contributed by atoms with van der Waals surface area (Å²) >= 11 is 15.2. The summed E-state index contributed by atoms with van der Waals surface area (Å²) in [6.07, 6.45) is 0. The highest BCUT2D eigenvalue weighted by molar-refractivity contribution is 9.10. The summed E-state index contributed by atoms with van der Waals surface area (Å²) in [5.74, 6) is 0. The smallest absolute Gasteiger partial charge is 0.263 e. The Bertz CT molecular complexity index is 810. The highest BCUT2D eigenvalue weighted by Gasteiger charge is 2.20. The number of halogens is 3. The van der Waals surface area contributed by atoms with Crippen LogP contribution in [0.1, 0.15) is 5.56 Å². The Balaban J connectivity index is 2.47. The number of hydrogen-bond donors (Lipinski definition) is 2. The van der Waals surface area contributed by atoms with Gasteiger partial charge in [0.1, 0.15) is 4.90 Å². The topological polar surface area (TPSA) is 72.2 Å². The lowest BCUT2D eigenvalue weighted by molar-refractivity contribution is 0.601. The number of hydrogen-bond acceptors (Lipinski definition) is 3. The minimum absolute atomic E-state index is 0.0889. The van der Waals surface area contributed by atoms with Gasteiger partial charge in [0.05, 0.1) is 10.7 Å². The van der Waals surface area contributed by atoms with Crippen LogP contribution in [0.4, 0.5) is 11.4 Å². The summed E-state index contributed by atoms with van der Waals surface area (Å²) in [6, 6.07) is 7.51. The normalized spacial score (nSPS) is 11.4. The predicted octanol–water partition coefficient (Wildman–Crippen LogP) is 4.45. The van der Waals surface area contributed by atoms with Gasteiger partial charge in [-0.2, -0.15) is 0 Å². The average Bonchev–Trinajstić information content (AvgIpc) is 2.38.